The Bertz CT molecular complexity index is 1780. The van der Waals surface area contributed by atoms with E-state index in [1.54, 1.807) is 24.3 Å². The van der Waals surface area contributed by atoms with Crippen LogP contribution in [0.15, 0.2) is 108 Å². The normalized spacial score (nSPS) is 12.1. The molecule has 254 valence electrons. The molecule has 1 N–H and O–H groups in total. The molecule has 0 aliphatic rings. The lowest BCUT2D eigenvalue weighted by atomic mass is 10.0. The first kappa shape index (κ1) is 35.9. The van der Waals surface area contributed by atoms with Crippen molar-refractivity contribution < 1.29 is 31.9 Å². The standard InChI is InChI=1S/C37H42FN3O6S/c1-6-47-31-19-21-33(22-20-31)48(44,45)41(30-17-15-29(38)16-18-30)26-35(42)40(25-28-13-10-14-32(23-28)46-5)34(36(43)39-37(2,3)4)24-27-11-8-7-9-12-27/h7-23,34H,6,24-26H2,1-5H3,(H,39,43). The zero-order valence-electron chi connectivity index (χ0n) is 27.9. The van der Waals surface area contributed by atoms with Gasteiger partial charge in [-0.15, -0.1) is 0 Å². The molecule has 2 amide bonds. The first-order valence-corrected chi connectivity index (χ1v) is 17.0. The zero-order valence-corrected chi connectivity index (χ0v) is 28.7. The Labute approximate surface area is 282 Å². The number of ether oxygens (including phenoxy) is 2. The van der Waals surface area contributed by atoms with Crippen molar-refractivity contribution in [3.8, 4) is 11.5 Å². The first-order chi connectivity index (χ1) is 22.8. The van der Waals surface area contributed by atoms with E-state index < -0.39 is 45.8 Å². The van der Waals surface area contributed by atoms with Gasteiger partial charge >= 0.3 is 0 Å². The van der Waals surface area contributed by atoms with Gasteiger partial charge in [0.15, 0.2) is 0 Å². The number of carbonyl (C=O) groups excluding carboxylic acids is 2. The van der Waals surface area contributed by atoms with Gasteiger partial charge in [0.1, 0.15) is 29.9 Å². The quantitative estimate of drug-likeness (QED) is 0.176. The van der Waals surface area contributed by atoms with Gasteiger partial charge in [0.25, 0.3) is 10.0 Å². The topological polar surface area (TPSA) is 105 Å². The fraction of sp³-hybridized carbons (Fsp3) is 0.297. The van der Waals surface area contributed by atoms with Crippen molar-refractivity contribution in [2.24, 2.45) is 0 Å². The van der Waals surface area contributed by atoms with Crippen molar-refractivity contribution in [3.05, 3.63) is 120 Å². The number of amides is 2. The van der Waals surface area contributed by atoms with E-state index >= 15 is 0 Å². The molecule has 9 nitrogen and oxygen atoms in total. The number of nitrogens with one attached hydrogen (secondary N) is 1. The summed E-state index contributed by atoms with van der Waals surface area (Å²) < 4.78 is 54.2. The highest BCUT2D eigenvalue weighted by atomic mass is 32.2. The summed E-state index contributed by atoms with van der Waals surface area (Å²) in [5.74, 6) is -0.555. The molecular weight excluding hydrogens is 633 g/mol. The van der Waals surface area contributed by atoms with Gasteiger partial charge in [-0.2, -0.15) is 0 Å². The van der Waals surface area contributed by atoms with Crippen molar-refractivity contribution in [2.45, 2.75) is 57.1 Å². The smallest absolute Gasteiger partial charge is 0.264 e. The van der Waals surface area contributed by atoms with Crippen molar-refractivity contribution in [1.82, 2.24) is 10.2 Å². The number of anilines is 1. The predicted molar refractivity (Wildman–Crippen MR) is 184 cm³/mol. The maximum atomic E-state index is 14.6. The molecule has 0 fully saturated rings. The van der Waals surface area contributed by atoms with E-state index in [2.05, 4.69) is 5.32 Å². The number of nitrogens with zero attached hydrogens (tertiary/aromatic N) is 2. The molecule has 0 saturated heterocycles. The third-order valence-corrected chi connectivity index (χ3v) is 9.16. The molecule has 1 atom stereocenters. The number of hydrogen-bond acceptors (Lipinski definition) is 6. The summed E-state index contributed by atoms with van der Waals surface area (Å²) in [4.78, 5) is 29.9. The molecule has 0 radical (unpaired) electrons. The Balaban J connectivity index is 1.81. The molecular formula is C37H42FN3O6S. The van der Waals surface area contributed by atoms with Gasteiger partial charge in [-0.05, 0) is 99.5 Å². The Kier molecular flexibility index (Phi) is 11.8. The number of benzene rings is 4. The molecule has 0 aliphatic heterocycles. The molecule has 4 rings (SSSR count). The monoisotopic (exact) mass is 675 g/mol. The largest absolute Gasteiger partial charge is 0.497 e. The maximum Gasteiger partial charge on any atom is 0.264 e. The molecule has 0 heterocycles. The van der Waals surface area contributed by atoms with E-state index in [1.807, 2.05) is 58.0 Å². The van der Waals surface area contributed by atoms with Crippen LogP contribution in [-0.4, -0.2) is 57.0 Å². The summed E-state index contributed by atoms with van der Waals surface area (Å²) in [6.45, 7) is 7.06. The fourth-order valence-corrected chi connectivity index (χ4v) is 6.53. The number of methoxy groups -OCH3 is 1. The van der Waals surface area contributed by atoms with Crippen LogP contribution in [0.2, 0.25) is 0 Å². The zero-order chi connectivity index (χ0) is 34.9. The van der Waals surface area contributed by atoms with E-state index in [-0.39, 0.29) is 23.5 Å². The van der Waals surface area contributed by atoms with Gasteiger partial charge in [0.2, 0.25) is 11.8 Å². The molecule has 1 unspecified atom stereocenters. The summed E-state index contributed by atoms with van der Waals surface area (Å²) in [5.41, 5.74) is 0.951. The molecule has 0 aromatic heterocycles. The van der Waals surface area contributed by atoms with Crippen molar-refractivity contribution in [2.75, 3.05) is 24.6 Å². The second kappa shape index (κ2) is 15.8. The average Bonchev–Trinajstić information content (AvgIpc) is 3.05. The lowest BCUT2D eigenvalue weighted by molar-refractivity contribution is -0.140. The van der Waals surface area contributed by atoms with Gasteiger partial charge in [0.05, 0.1) is 24.3 Å². The van der Waals surface area contributed by atoms with E-state index in [0.717, 1.165) is 22.0 Å². The molecule has 11 heteroatoms. The summed E-state index contributed by atoms with van der Waals surface area (Å²) in [5, 5.41) is 3.00. The Morgan fingerprint density at radius 2 is 1.50 bits per heavy atom. The van der Waals surface area contributed by atoms with Gasteiger partial charge in [0, 0.05) is 18.5 Å². The number of rotatable bonds is 14. The minimum Gasteiger partial charge on any atom is -0.497 e. The fourth-order valence-electron chi connectivity index (χ4n) is 5.11. The minimum atomic E-state index is -4.36. The van der Waals surface area contributed by atoms with Crippen LogP contribution in [0.4, 0.5) is 10.1 Å². The van der Waals surface area contributed by atoms with Crippen molar-refractivity contribution in [3.63, 3.8) is 0 Å². The third-order valence-electron chi connectivity index (χ3n) is 7.37. The Morgan fingerprint density at radius 1 is 0.854 bits per heavy atom. The number of hydrogen-bond donors (Lipinski definition) is 1. The molecule has 0 aliphatic carbocycles. The third kappa shape index (κ3) is 9.57. The Hall–Kier alpha value is -4.90. The molecule has 0 bridgehead atoms. The summed E-state index contributed by atoms with van der Waals surface area (Å²) in [6, 6.07) is 26.1. The lowest BCUT2D eigenvalue weighted by Gasteiger charge is -2.35. The minimum absolute atomic E-state index is 0.0224. The molecule has 4 aromatic carbocycles. The van der Waals surface area contributed by atoms with Gasteiger partial charge in [-0.3, -0.25) is 13.9 Å². The average molecular weight is 676 g/mol. The number of sulfonamides is 1. The second-order valence-corrected chi connectivity index (χ2v) is 14.1. The second-order valence-electron chi connectivity index (χ2n) is 12.2. The lowest BCUT2D eigenvalue weighted by Crippen LogP contribution is -2.56. The number of halogens is 1. The number of carbonyl (C=O) groups is 2. The molecule has 0 saturated carbocycles. The highest BCUT2D eigenvalue weighted by molar-refractivity contribution is 7.92. The van der Waals surface area contributed by atoms with Crippen LogP contribution < -0.4 is 19.1 Å². The maximum absolute atomic E-state index is 14.6. The molecule has 4 aromatic rings. The highest BCUT2D eigenvalue weighted by Gasteiger charge is 2.35. The highest BCUT2D eigenvalue weighted by Crippen LogP contribution is 2.27. The van der Waals surface area contributed by atoms with E-state index in [4.69, 9.17) is 9.47 Å². The van der Waals surface area contributed by atoms with Gasteiger partial charge in [-0.1, -0.05) is 42.5 Å². The van der Waals surface area contributed by atoms with E-state index in [1.165, 1.54) is 48.4 Å². The van der Waals surface area contributed by atoms with Crippen LogP contribution in [0.25, 0.3) is 0 Å². The van der Waals surface area contributed by atoms with Gasteiger partial charge < -0.3 is 19.7 Å². The SMILES string of the molecule is CCOc1ccc(S(=O)(=O)N(CC(=O)N(Cc2cccc(OC)c2)C(Cc2ccccc2)C(=O)NC(C)(C)C)c2ccc(F)cc2)cc1. The van der Waals surface area contributed by atoms with Crippen molar-refractivity contribution in [1.29, 1.82) is 0 Å². The summed E-state index contributed by atoms with van der Waals surface area (Å²) in [7, 11) is -2.83. The van der Waals surface area contributed by atoms with Crippen LogP contribution in [-0.2, 0) is 32.6 Å². The van der Waals surface area contributed by atoms with Crippen LogP contribution in [0, 0.1) is 5.82 Å². The van der Waals surface area contributed by atoms with Crippen LogP contribution in [0.1, 0.15) is 38.8 Å². The van der Waals surface area contributed by atoms with E-state index in [0.29, 0.717) is 23.7 Å². The van der Waals surface area contributed by atoms with E-state index in [9.17, 15) is 22.4 Å². The summed E-state index contributed by atoms with van der Waals surface area (Å²) in [6.07, 6.45) is 0.167. The molecule has 0 spiro atoms. The first-order valence-electron chi connectivity index (χ1n) is 15.6. The van der Waals surface area contributed by atoms with Gasteiger partial charge in [-0.25, -0.2) is 12.8 Å². The van der Waals surface area contributed by atoms with Crippen molar-refractivity contribution >= 4 is 27.5 Å². The Morgan fingerprint density at radius 3 is 2.10 bits per heavy atom. The van der Waals surface area contributed by atoms with Crippen LogP contribution >= 0.6 is 0 Å². The van der Waals surface area contributed by atoms with Crippen LogP contribution in [0.3, 0.4) is 0 Å². The summed E-state index contributed by atoms with van der Waals surface area (Å²) >= 11 is 0. The molecule has 48 heavy (non-hydrogen) atoms. The van der Waals surface area contributed by atoms with Crippen LogP contribution in [0.5, 0.6) is 11.5 Å². The predicted octanol–water partition coefficient (Wildman–Crippen LogP) is 5.98.